The Bertz CT molecular complexity index is 751. The minimum atomic E-state index is -0.376. The first-order valence-corrected chi connectivity index (χ1v) is 8.27. The molecule has 1 N–H and O–H groups in total. The maximum atomic E-state index is 12.9. The summed E-state index contributed by atoms with van der Waals surface area (Å²) in [5, 5.41) is 2.84. The van der Waals surface area contributed by atoms with E-state index in [0.717, 1.165) is 11.3 Å². The molecule has 25 heavy (non-hydrogen) atoms. The fourth-order valence-corrected chi connectivity index (χ4v) is 2.66. The number of nitrogens with zero attached hydrogens (tertiary/aromatic N) is 1. The molecule has 0 unspecified atom stereocenters. The van der Waals surface area contributed by atoms with E-state index in [-0.39, 0.29) is 24.2 Å². The second-order valence-corrected chi connectivity index (χ2v) is 5.82. The molecule has 5 nitrogen and oxygen atoms in total. The molecule has 6 heteroatoms. The van der Waals surface area contributed by atoms with Crippen LogP contribution in [0.2, 0.25) is 0 Å². The minimum absolute atomic E-state index is 0.139. The number of benzene rings is 1. The first-order valence-electron chi connectivity index (χ1n) is 8.27. The molecule has 0 spiro atoms. The maximum Gasteiger partial charge on any atom is 0.339 e. The molecule has 1 heterocycles. The molecule has 0 aliphatic heterocycles. The summed E-state index contributed by atoms with van der Waals surface area (Å²) < 4.78 is 19.7. The molecule has 0 fully saturated rings. The van der Waals surface area contributed by atoms with Crippen molar-refractivity contribution >= 4 is 11.9 Å². The highest BCUT2D eigenvalue weighted by atomic mass is 19.1. The highest BCUT2D eigenvalue weighted by Crippen LogP contribution is 2.16. The minimum Gasteiger partial charge on any atom is -0.462 e. The Morgan fingerprint density at radius 1 is 1.20 bits per heavy atom. The Morgan fingerprint density at radius 3 is 2.52 bits per heavy atom. The number of aryl methyl sites for hydroxylation is 1. The molecule has 2 rings (SSSR count). The lowest BCUT2D eigenvalue weighted by atomic mass is 10.1. The SMILES string of the molecule is CCOC(=O)c1cc(C)n(CC(=O)NCCc2ccc(F)cc2)c1C. The normalized spacial score (nSPS) is 10.6. The van der Waals surface area contributed by atoms with Crippen molar-refractivity contribution in [3.63, 3.8) is 0 Å². The zero-order valence-electron chi connectivity index (χ0n) is 14.8. The molecule has 134 valence electrons. The van der Waals surface area contributed by atoms with Crippen LogP contribution in [0.4, 0.5) is 4.39 Å². The topological polar surface area (TPSA) is 60.3 Å². The van der Waals surface area contributed by atoms with Gasteiger partial charge < -0.3 is 14.6 Å². The van der Waals surface area contributed by atoms with Gasteiger partial charge >= 0.3 is 5.97 Å². The number of nitrogens with one attached hydrogen (secondary N) is 1. The largest absolute Gasteiger partial charge is 0.462 e. The van der Waals surface area contributed by atoms with E-state index in [1.54, 1.807) is 36.6 Å². The van der Waals surface area contributed by atoms with E-state index in [2.05, 4.69) is 5.32 Å². The highest BCUT2D eigenvalue weighted by molar-refractivity contribution is 5.91. The number of hydrogen-bond acceptors (Lipinski definition) is 3. The van der Waals surface area contributed by atoms with Crippen LogP contribution < -0.4 is 5.32 Å². The molecule has 1 amide bonds. The van der Waals surface area contributed by atoms with Crippen LogP contribution in [0, 0.1) is 19.7 Å². The molecular weight excluding hydrogens is 323 g/mol. The number of aromatic nitrogens is 1. The van der Waals surface area contributed by atoms with Crippen molar-refractivity contribution in [2.24, 2.45) is 0 Å². The van der Waals surface area contributed by atoms with Crippen LogP contribution in [-0.2, 0) is 22.5 Å². The van der Waals surface area contributed by atoms with Gasteiger partial charge in [-0.15, -0.1) is 0 Å². The third kappa shape index (κ3) is 4.92. The first-order chi connectivity index (χ1) is 11.9. The molecule has 2 aromatic rings. The summed E-state index contributed by atoms with van der Waals surface area (Å²) in [6, 6.07) is 7.95. The molecule has 0 bridgehead atoms. The van der Waals surface area contributed by atoms with Crippen LogP contribution in [0.15, 0.2) is 30.3 Å². The van der Waals surface area contributed by atoms with Crippen molar-refractivity contribution in [2.45, 2.75) is 33.7 Å². The zero-order chi connectivity index (χ0) is 18.4. The van der Waals surface area contributed by atoms with Crippen LogP contribution in [0.25, 0.3) is 0 Å². The fraction of sp³-hybridized carbons (Fsp3) is 0.368. The van der Waals surface area contributed by atoms with Gasteiger partial charge in [-0.2, -0.15) is 0 Å². The predicted octanol–water partition coefficient (Wildman–Crippen LogP) is 2.78. The summed E-state index contributed by atoms with van der Waals surface area (Å²) in [4.78, 5) is 24.1. The van der Waals surface area contributed by atoms with Crippen LogP contribution >= 0.6 is 0 Å². The van der Waals surface area contributed by atoms with Gasteiger partial charge in [0.05, 0.1) is 12.2 Å². The summed E-state index contributed by atoms with van der Waals surface area (Å²) in [6.45, 7) is 6.32. The number of carbonyl (C=O) groups excluding carboxylic acids is 2. The van der Waals surface area contributed by atoms with Gasteiger partial charge in [0.15, 0.2) is 0 Å². The van der Waals surface area contributed by atoms with Crippen molar-refractivity contribution in [2.75, 3.05) is 13.2 Å². The molecule has 1 aromatic carbocycles. The molecule has 0 aliphatic carbocycles. The average Bonchev–Trinajstić information content (AvgIpc) is 2.85. The molecule has 0 radical (unpaired) electrons. The number of amides is 1. The second-order valence-electron chi connectivity index (χ2n) is 5.82. The zero-order valence-corrected chi connectivity index (χ0v) is 14.8. The third-order valence-electron chi connectivity index (χ3n) is 4.02. The number of halogens is 1. The first kappa shape index (κ1) is 18.7. The summed E-state index contributed by atoms with van der Waals surface area (Å²) in [7, 11) is 0. The fourth-order valence-electron chi connectivity index (χ4n) is 2.66. The Balaban J connectivity index is 1.92. The van der Waals surface area contributed by atoms with E-state index in [1.807, 2.05) is 6.92 Å². The number of ether oxygens (including phenoxy) is 1. The van der Waals surface area contributed by atoms with Crippen molar-refractivity contribution in [1.29, 1.82) is 0 Å². The van der Waals surface area contributed by atoms with Crippen LogP contribution in [0.5, 0.6) is 0 Å². The molecule has 1 aromatic heterocycles. The van der Waals surface area contributed by atoms with Crippen molar-refractivity contribution in [3.05, 3.63) is 58.7 Å². The van der Waals surface area contributed by atoms with Crippen molar-refractivity contribution < 1.29 is 18.7 Å². The molecule has 0 saturated carbocycles. The Hall–Kier alpha value is -2.63. The monoisotopic (exact) mass is 346 g/mol. The van der Waals surface area contributed by atoms with E-state index in [1.165, 1.54) is 12.1 Å². The molecule has 0 saturated heterocycles. The van der Waals surface area contributed by atoms with E-state index >= 15 is 0 Å². The molecule has 0 atom stereocenters. The summed E-state index contributed by atoms with van der Waals surface area (Å²) >= 11 is 0. The van der Waals surface area contributed by atoms with Gasteiger partial charge in [-0.05, 0) is 51.0 Å². The Morgan fingerprint density at radius 2 is 1.88 bits per heavy atom. The van der Waals surface area contributed by atoms with Crippen molar-refractivity contribution in [1.82, 2.24) is 9.88 Å². The number of hydrogen-bond donors (Lipinski definition) is 1. The number of rotatable bonds is 7. The standard InChI is InChI=1S/C19H23FN2O3/c1-4-25-19(24)17-11-13(2)22(14(17)3)12-18(23)21-10-9-15-5-7-16(20)8-6-15/h5-8,11H,4,9-10,12H2,1-3H3,(H,21,23). The lowest BCUT2D eigenvalue weighted by Crippen LogP contribution is -2.30. The second kappa shape index (κ2) is 8.46. The lowest BCUT2D eigenvalue weighted by Gasteiger charge is -2.10. The quantitative estimate of drug-likeness (QED) is 0.784. The molecule has 0 aliphatic rings. The summed E-state index contributed by atoms with van der Waals surface area (Å²) in [5.74, 6) is -0.790. The Labute approximate surface area is 146 Å². The van der Waals surface area contributed by atoms with Crippen molar-refractivity contribution in [3.8, 4) is 0 Å². The van der Waals surface area contributed by atoms with Gasteiger partial charge in [-0.3, -0.25) is 4.79 Å². The van der Waals surface area contributed by atoms with Gasteiger partial charge in [-0.1, -0.05) is 12.1 Å². The van der Waals surface area contributed by atoms with E-state index in [9.17, 15) is 14.0 Å². The van der Waals surface area contributed by atoms with E-state index in [0.29, 0.717) is 30.8 Å². The molecular formula is C19H23FN2O3. The smallest absolute Gasteiger partial charge is 0.339 e. The van der Waals surface area contributed by atoms with Crippen LogP contribution in [-0.4, -0.2) is 29.6 Å². The van der Waals surface area contributed by atoms with Gasteiger partial charge in [-0.25, -0.2) is 9.18 Å². The van der Waals surface area contributed by atoms with Gasteiger partial charge in [0.25, 0.3) is 0 Å². The average molecular weight is 346 g/mol. The third-order valence-corrected chi connectivity index (χ3v) is 4.02. The highest BCUT2D eigenvalue weighted by Gasteiger charge is 2.17. The van der Waals surface area contributed by atoms with Gasteiger partial charge in [0.2, 0.25) is 5.91 Å². The predicted molar refractivity (Wildman–Crippen MR) is 93.0 cm³/mol. The van der Waals surface area contributed by atoms with Gasteiger partial charge in [0, 0.05) is 17.9 Å². The number of esters is 1. The summed E-state index contributed by atoms with van der Waals surface area (Å²) in [5.41, 5.74) is 2.98. The number of carbonyl (C=O) groups is 2. The van der Waals surface area contributed by atoms with Crippen LogP contribution in [0.1, 0.15) is 34.2 Å². The van der Waals surface area contributed by atoms with Crippen LogP contribution in [0.3, 0.4) is 0 Å². The van der Waals surface area contributed by atoms with Gasteiger partial charge in [0.1, 0.15) is 12.4 Å². The van der Waals surface area contributed by atoms with E-state index in [4.69, 9.17) is 4.74 Å². The maximum absolute atomic E-state index is 12.9. The lowest BCUT2D eigenvalue weighted by molar-refractivity contribution is -0.121. The Kier molecular flexibility index (Phi) is 6.33. The van der Waals surface area contributed by atoms with E-state index < -0.39 is 0 Å². The summed E-state index contributed by atoms with van der Waals surface area (Å²) in [6.07, 6.45) is 0.629.